The molecule has 2 saturated heterocycles. The molecular weight excluding hydrogens is 349 g/mol. The third-order valence-electron chi connectivity index (χ3n) is 4.92. The molecule has 1 aromatic carbocycles. The fraction of sp³-hybridized carbons (Fsp3) is 0.389. The summed E-state index contributed by atoms with van der Waals surface area (Å²) >= 11 is 1.22. The van der Waals surface area contributed by atoms with E-state index in [0.29, 0.717) is 27.4 Å². The van der Waals surface area contributed by atoms with Crippen molar-refractivity contribution in [2.24, 2.45) is 0 Å². The molecule has 3 heterocycles. The van der Waals surface area contributed by atoms with Gasteiger partial charge in [0.05, 0.1) is 10.4 Å². The summed E-state index contributed by atoms with van der Waals surface area (Å²) in [5.41, 5.74) is -0.210. The Morgan fingerprint density at radius 3 is 2.72 bits per heavy atom. The number of benzene rings is 1. The number of carbonyl (C=O) groups excluding carboxylic acids is 1. The van der Waals surface area contributed by atoms with Gasteiger partial charge in [0.25, 0.3) is 5.91 Å². The second kappa shape index (κ2) is 6.14. The van der Waals surface area contributed by atoms with E-state index in [2.05, 4.69) is 10.6 Å². The van der Waals surface area contributed by atoms with Crippen molar-refractivity contribution in [3.8, 4) is 10.4 Å². The van der Waals surface area contributed by atoms with Crippen molar-refractivity contribution in [2.45, 2.75) is 43.6 Å². The van der Waals surface area contributed by atoms with E-state index in [0.717, 1.165) is 31.4 Å². The van der Waals surface area contributed by atoms with E-state index in [1.165, 1.54) is 17.4 Å². The number of hydrogen-bond acceptors (Lipinski definition) is 3. The first-order valence-corrected chi connectivity index (χ1v) is 9.06. The highest BCUT2D eigenvalue weighted by molar-refractivity contribution is 7.17. The number of alkyl halides is 3. The van der Waals surface area contributed by atoms with Crippen molar-refractivity contribution in [2.75, 3.05) is 0 Å². The van der Waals surface area contributed by atoms with Crippen molar-refractivity contribution < 1.29 is 18.0 Å². The molecular formula is C18H17F3N2OS. The molecule has 0 aliphatic carbocycles. The molecule has 132 valence electrons. The third kappa shape index (κ3) is 3.30. The molecule has 7 heteroatoms. The number of hydrogen-bond donors (Lipinski definition) is 2. The van der Waals surface area contributed by atoms with Crippen LogP contribution in [0.25, 0.3) is 10.4 Å². The average molecular weight is 366 g/mol. The van der Waals surface area contributed by atoms with Crippen molar-refractivity contribution in [1.29, 1.82) is 0 Å². The summed E-state index contributed by atoms with van der Waals surface area (Å²) in [5.74, 6) is -0.150. The van der Waals surface area contributed by atoms with E-state index in [9.17, 15) is 18.0 Å². The van der Waals surface area contributed by atoms with Crippen LogP contribution in [0.2, 0.25) is 0 Å². The lowest BCUT2D eigenvalue weighted by Gasteiger charge is -2.20. The van der Waals surface area contributed by atoms with Crippen molar-refractivity contribution in [1.82, 2.24) is 10.6 Å². The van der Waals surface area contributed by atoms with Gasteiger partial charge in [-0.1, -0.05) is 12.1 Å². The quantitative estimate of drug-likeness (QED) is 0.860. The summed E-state index contributed by atoms with van der Waals surface area (Å²) in [6, 6.07) is 9.55. The minimum absolute atomic E-state index is 0.144. The third-order valence-corrected chi connectivity index (χ3v) is 6.05. The number of fused-ring (bicyclic) bond motifs is 2. The molecule has 25 heavy (non-hydrogen) atoms. The maximum atomic E-state index is 12.9. The molecule has 4 rings (SSSR count). The Morgan fingerprint density at radius 2 is 2.04 bits per heavy atom. The lowest BCUT2D eigenvalue weighted by molar-refractivity contribution is -0.137. The van der Waals surface area contributed by atoms with Gasteiger partial charge in [0.1, 0.15) is 0 Å². The van der Waals surface area contributed by atoms with Gasteiger partial charge in [0.15, 0.2) is 0 Å². The number of rotatable bonds is 3. The van der Waals surface area contributed by atoms with Crippen molar-refractivity contribution >= 4 is 17.2 Å². The van der Waals surface area contributed by atoms with Gasteiger partial charge in [-0.3, -0.25) is 4.79 Å². The maximum Gasteiger partial charge on any atom is 0.416 e. The number of amides is 1. The van der Waals surface area contributed by atoms with E-state index in [1.54, 1.807) is 18.2 Å². The van der Waals surface area contributed by atoms with E-state index in [4.69, 9.17) is 0 Å². The first-order chi connectivity index (χ1) is 11.9. The number of halogens is 3. The first-order valence-electron chi connectivity index (χ1n) is 8.24. The zero-order valence-electron chi connectivity index (χ0n) is 13.3. The SMILES string of the molecule is O=C(NC1CC2CCC1N2)c1ccc(-c2cccc(C(F)(F)F)c2)s1. The summed E-state index contributed by atoms with van der Waals surface area (Å²) in [4.78, 5) is 13.6. The normalized spacial score (nSPS) is 25.3. The molecule has 2 aromatic rings. The molecule has 0 radical (unpaired) electrons. The fourth-order valence-electron chi connectivity index (χ4n) is 3.69. The second-order valence-electron chi connectivity index (χ2n) is 6.61. The van der Waals surface area contributed by atoms with E-state index in [1.807, 2.05) is 0 Å². The Hall–Kier alpha value is -1.86. The molecule has 3 unspecified atom stereocenters. The van der Waals surface area contributed by atoms with Crippen LogP contribution in [0, 0.1) is 0 Å². The topological polar surface area (TPSA) is 41.1 Å². The molecule has 3 nitrogen and oxygen atoms in total. The monoisotopic (exact) mass is 366 g/mol. The molecule has 1 aromatic heterocycles. The molecule has 2 aliphatic heterocycles. The molecule has 2 fully saturated rings. The minimum atomic E-state index is -4.37. The van der Waals surface area contributed by atoms with Crippen LogP contribution in [0.15, 0.2) is 36.4 Å². The van der Waals surface area contributed by atoms with Crippen LogP contribution >= 0.6 is 11.3 Å². The van der Waals surface area contributed by atoms with E-state index >= 15 is 0 Å². The molecule has 0 spiro atoms. The zero-order chi connectivity index (χ0) is 17.6. The Labute approximate surface area is 147 Å². The Kier molecular flexibility index (Phi) is 4.08. The standard InChI is InChI=1S/C18H17F3N2OS/c19-18(20,21)11-3-1-2-10(8-11)15-6-7-16(25-15)17(24)23-14-9-12-4-5-13(14)22-12/h1-3,6-8,12-14,22H,4-5,9H2,(H,23,24). The maximum absolute atomic E-state index is 12.9. The van der Waals surface area contributed by atoms with Gasteiger partial charge >= 0.3 is 6.18 Å². The predicted molar refractivity (Wildman–Crippen MR) is 90.6 cm³/mol. The highest BCUT2D eigenvalue weighted by atomic mass is 32.1. The summed E-state index contributed by atoms with van der Waals surface area (Å²) < 4.78 is 38.6. The van der Waals surface area contributed by atoms with Gasteiger partial charge in [-0.15, -0.1) is 11.3 Å². The Balaban J connectivity index is 1.49. The highest BCUT2D eigenvalue weighted by Crippen LogP contribution is 2.35. The van der Waals surface area contributed by atoms with Crippen LogP contribution < -0.4 is 10.6 Å². The molecule has 0 saturated carbocycles. The first kappa shape index (κ1) is 16.6. The van der Waals surface area contributed by atoms with Crippen molar-refractivity contribution in [3.63, 3.8) is 0 Å². The summed E-state index contributed by atoms with van der Waals surface area (Å²) in [5, 5.41) is 6.52. The lowest BCUT2D eigenvalue weighted by Crippen LogP contribution is -2.42. The second-order valence-corrected chi connectivity index (χ2v) is 7.69. The Bertz CT molecular complexity index is 802. The van der Waals surface area contributed by atoms with Gasteiger partial charge in [-0.2, -0.15) is 13.2 Å². The van der Waals surface area contributed by atoms with Gasteiger partial charge in [0, 0.05) is 23.0 Å². The van der Waals surface area contributed by atoms with Crippen LogP contribution in [0.5, 0.6) is 0 Å². The average Bonchev–Trinajstić information content (AvgIpc) is 3.30. The Morgan fingerprint density at radius 1 is 1.20 bits per heavy atom. The summed E-state index contributed by atoms with van der Waals surface area (Å²) in [6.07, 6.45) is -1.18. The van der Waals surface area contributed by atoms with Gasteiger partial charge in [0.2, 0.25) is 0 Å². The van der Waals surface area contributed by atoms with Crippen molar-refractivity contribution in [3.05, 3.63) is 46.8 Å². The number of carbonyl (C=O) groups is 1. The van der Waals surface area contributed by atoms with E-state index in [-0.39, 0.29) is 11.9 Å². The molecule has 3 atom stereocenters. The summed E-state index contributed by atoms with van der Waals surface area (Å²) in [6.45, 7) is 0. The fourth-order valence-corrected chi connectivity index (χ4v) is 4.59. The van der Waals surface area contributed by atoms with Crippen LogP contribution in [0.1, 0.15) is 34.5 Å². The van der Waals surface area contributed by atoms with Crippen LogP contribution in [-0.2, 0) is 6.18 Å². The zero-order valence-corrected chi connectivity index (χ0v) is 14.1. The molecule has 2 bridgehead atoms. The largest absolute Gasteiger partial charge is 0.416 e. The molecule has 2 N–H and O–H groups in total. The van der Waals surface area contributed by atoms with Crippen LogP contribution in [0.3, 0.4) is 0 Å². The van der Waals surface area contributed by atoms with Crippen LogP contribution in [0.4, 0.5) is 13.2 Å². The lowest BCUT2D eigenvalue weighted by atomic mass is 9.95. The van der Waals surface area contributed by atoms with E-state index < -0.39 is 11.7 Å². The summed E-state index contributed by atoms with van der Waals surface area (Å²) in [7, 11) is 0. The van der Waals surface area contributed by atoms with Gasteiger partial charge < -0.3 is 10.6 Å². The predicted octanol–water partition coefficient (Wildman–Crippen LogP) is 4.06. The smallest absolute Gasteiger partial charge is 0.347 e. The number of nitrogens with one attached hydrogen (secondary N) is 2. The number of thiophene rings is 1. The molecule has 1 amide bonds. The van der Waals surface area contributed by atoms with Gasteiger partial charge in [-0.25, -0.2) is 0 Å². The van der Waals surface area contributed by atoms with Crippen LogP contribution in [-0.4, -0.2) is 24.0 Å². The van der Waals surface area contributed by atoms with Gasteiger partial charge in [-0.05, 0) is 49.1 Å². The molecule has 2 aliphatic rings. The minimum Gasteiger partial charge on any atom is -0.347 e. The highest BCUT2D eigenvalue weighted by Gasteiger charge is 2.39.